The van der Waals surface area contributed by atoms with Gasteiger partial charge in [-0.25, -0.2) is 0 Å². The number of anilines is 1. The fraction of sp³-hybridized carbons (Fsp3) is 0.381. The molecule has 1 unspecified atom stereocenters. The van der Waals surface area contributed by atoms with Crippen LogP contribution in [0.25, 0.3) is 0 Å². The number of rotatable bonds is 4. The van der Waals surface area contributed by atoms with Gasteiger partial charge in [0.1, 0.15) is 0 Å². The van der Waals surface area contributed by atoms with E-state index >= 15 is 0 Å². The topological polar surface area (TPSA) is 32.3 Å². The normalized spacial score (nSPS) is 18.1. The van der Waals surface area contributed by atoms with E-state index in [-0.39, 0.29) is 22.5 Å². The van der Waals surface area contributed by atoms with E-state index in [1.807, 2.05) is 6.92 Å². The predicted molar refractivity (Wildman–Crippen MR) is 104 cm³/mol. The van der Waals surface area contributed by atoms with Crippen LogP contribution in [0.15, 0.2) is 42.5 Å². The van der Waals surface area contributed by atoms with E-state index in [1.54, 1.807) is 0 Å². The van der Waals surface area contributed by atoms with Crippen molar-refractivity contribution < 1.29 is 18.0 Å². The molecule has 3 nitrogen and oxygen atoms in total. The van der Waals surface area contributed by atoms with Crippen LogP contribution < -0.4 is 5.32 Å². The molecule has 0 radical (unpaired) electrons. The Bertz CT molecular complexity index is 837. The van der Waals surface area contributed by atoms with Crippen molar-refractivity contribution in [1.82, 2.24) is 4.90 Å². The Morgan fingerprint density at radius 1 is 1.21 bits per heavy atom. The van der Waals surface area contributed by atoms with Crippen LogP contribution >= 0.6 is 11.6 Å². The maximum Gasteiger partial charge on any atom is 0.417 e. The molecule has 1 heterocycles. The molecule has 1 atom stereocenters. The molecule has 1 fully saturated rings. The molecule has 1 amide bonds. The second kappa shape index (κ2) is 8.53. The zero-order chi connectivity index (χ0) is 20.3. The van der Waals surface area contributed by atoms with Gasteiger partial charge in [0.05, 0.1) is 16.5 Å². The number of hydrogen-bond donors (Lipinski definition) is 1. The second-order valence-electron chi connectivity index (χ2n) is 7.24. The number of aryl methyl sites for hydroxylation is 1. The lowest BCUT2D eigenvalue weighted by atomic mass is 9.96. The lowest BCUT2D eigenvalue weighted by molar-refractivity contribution is -0.137. The lowest BCUT2D eigenvalue weighted by Gasteiger charge is -2.32. The minimum Gasteiger partial charge on any atom is -0.326 e. The Morgan fingerprint density at radius 3 is 2.61 bits per heavy atom. The van der Waals surface area contributed by atoms with Crippen molar-refractivity contribution in [2.24, 2.45) is 5.92 Å². The smallest absolute Gasteiger partial charge is 0.326 e. The average molecular weight is 411 g/mol. The van der Waals surface area contributed by atoms with Gasteiger partial charge >= 0.3 is 6.18 Å². The van der Waals surface area contributed by atoms with Gasteiger partial charge in [0.25, 0.3) is 0 Å². The van der Waals surface area contributed by atoms with E-state index in [9.17, 15) is 18.0 Å². The number of nitrogens with zero attached hydrogens (tertiary/aromatic N) is 1. The van der Waals surface area contributed by atoms with Crippen LogP contribution in [0.4, 0.5) is 18.9 Å². The molecule has 2 aromatic rings. The van der Waals surface area contributed by atoms with Gasteiger partial charge in [-0.3, -0.25) is 9.69 Å². The molecular formula is C21H22ClF3N2O. The molecule has 0 bridgehead atoms. The summed E-state index contributed by atoms with van der Waals surface area (Å²) < 4.78 is 39.0. The summed E-state index contributed by atoms with van der Waals surface area (Å²) in [7, 11) is 0. The first-order chi connectivity index (χ1) is 13.2. The fourth-order valence-electron chi connectivity index (χ4n) is 3.43. The minimum atomic E-state index is -4.56. The van der Waals surface area contributed by atoms with Crippen molar-refractivity contribution in [1.29, 1.82) is 0 Å². The Labute approximate surface area is 167 Å². The van der Waals surface area contributed by atoms with Gasteiger partial charge in [-0.2, -0.15) is 13.2 Å². The Kier molecular flexibility index (Phi) is 6.30. The molecule has 1 N–H and O–H groups in total. The van der Waals surface area contributed by atoms with E-state index < -0.39 is 11.7 Å². The molecule has 150 valence electrons. The molecule has 3 rings (SSSR count). The third-order valence-electron chi connectivity index (χ3n) is 4.94. The van der Waals surface area contributed by atoms with Crippen LogP contribution in [-0.4, -0.2) is 23.9 Å². The van der Waals surface area contributed by atoms with E-state index in [1.165, 1.54) is 17.2 Å². The third kappa shape index (κ3) is 5.26. The number of halogens is 4. The van der Waals surface area contributed by atoms with Crippen molar-refractivity contribution in [3.8, 4) is 0 Å². The summed E-state index contributed by atoms with van der Waals surface area (Å²) in [6.45, 7) is 4.27. The van der Waals surface area contributed by atoms with Crippen molar-refractivity contribution in [3.05, 3.63) is 64.2 Å². The average Bonchev–Trinajstić information content (AvgIpc) is 2.64. The van der Waals surface area contributed by atoms with Gasteiger partial charge < -0.3 is 5.32 Å². The number of benzene rings is 2. The molecule has 0 spiro atoms. The van der Waals surface area contributed by atoms with Crippen molar-refractivity contribution in [3.63, 3.8) is 0 Å². The zero-order valence-corrected chi connectivity index (χ0v) is 16.3. The largest absolute Gasteiger partial charge is 0.417 e. The Balaban J connectivity index is 1.63. The Morgan fingerprint density at radius 2 is 1.93 bits per heavy atom. The van der Waals surface area contributed by atoms with Gasteiger partial charge in [-0.05, 0) is 50.1 Å². The van der Waals surface area contributed by atoms with Gasteiger partial charge in [0.2, 0.25) is 5.91 Å². The summed E-state index contributed by atoms with van der Waals surface area (Å²) in [5, 5.41) is 2.24. The van der Waals surface area contributed by atoms with Crippen LogP contribution in [0.1, 0.15) is 29.5 Å². The van der Waals surface area contributed by atoms with Crippen molar-refractivity contribution in [2.45, 2.75) is 32.5 Å². The third-order valence-corrected chi connectivity index (χ3v) is 5.27. The highest BCUT2D eigenvalue weighted by molar-refractivity contribution is 6.31. The SMILES string of the molecule is Cc1ccc(CN2CCCC(C(=O)Nc3ccc(Cl)c(C(F)(F)F)c3)C2)cc1. The van der Waals surface area contributed by atoms with Crippen LogP contribution in [0.5, 0.6) is 0 Å². The maximum atomic E-state index is 13.0. The van der Waals surface area contributed by atoms with Gasteiger partial charge in [0.15, 0.2) is 0 Å². The molecule has 1 aliphatic heterocycles. The van der Waals surface area contributed by atoms with E-state index in [0.29, 0.717) is 6.54 Å². The first kappa shape index (κ1) is 20.7. The van der Waals surface area contributed by atoms with Gasteiger partial charge in [0, 0.05) is 18.8 Å². The quantitative estimate of drug-likeness (QED) is 0.720. The number of carbonyl (C=O) groups is 1. The lowest BCUT2D eigenvalue weighted by Crippen LogP contribution is -2.40. The number of hydrogen-bond acceptors (Lipinski definition) is 2. The standard InChI is InChI=1S/C21H22ClF3N2O/c1-14-4-6-15(7-5-14)12-27-10-2-3-16(13-27)20(28)26-17-8-9-19(22)18(11-17)21(23,24)25/h4-9,11,16H,2-3,10,12-13H2,1H3,(H,26,28). The number of amides is 1. The molecule has 0 aliphatic carbocycles. The fourth-order valence-corrected chi connectivity index (χ4v) is 3.65. The number of nitrogens with one attached hydrogen (secondary N) is 1. The van der Waals surface area contributed by atoms with E-state index in [2.05, 4.69) is 34.5 Å². The summed E-state index contributed by atoms with van der Waals surface area (Å²) in [5.41, 5.74) is 1.54. The predicted octanol–water partition coefficient (Wildman–Crippen LogP) is 5.52. The number of alkyl halides is 3. The highest BCUT2D eigenvalue weighted by Gasteiger charge is 2.34. The molecule has 2 aromatic carbocycles. The van der Waals surface area contributed by atoms with Crippen molar-refractivity contribution in [2.75, 3.05) is 18.4 Å². The molecule has 0 saturated carbocycles. The highest BCUT2D eigenvalue weighted by atomic mass is 35.5. The minimum absolute atomic E-state index is 0.109. The Hall–Kier alpha value is -2.05. The van der Waals surface area contributed by atoms with Gasteiger partial charge in [-0.1, -0.05) is 41.4 Å². The van der Waals surface area contributed by atoms with E-state index in [4.69, 9.17) is 11.6 Å². The molecule has 1 aliphatic rings. The number of carbonyl (C=O) groups excluding carboxylic acids is 1. The first-order valence-electron chi connectivity index (χ1n) is 9.18. The number of piperidine rings is 1. The van der Waals surface area contributed by atoms with Crippen LogP contribution in [0.2, 0.25) is 5.02 Å². The molecular weight excluding hydrogens is 389 g/mol. The number of likely N-dealkylation sites (tertiary alicyclic amines) is 1. The molecule has 0 aromatic heterocycles. The molecule has 1 saturated heterocycles. The summed E-state index contributed by atoms with van der Waals surface area (Å²) in [6, 6.07) is 11.7. The molecule has 28 heavy (non-hydrogen) atoms. The first-order valence-corrected chi connectivity index (χ1v) is 9.55. The van der Waals surface area contributed by atoms with Crippen LogP contribution in [0, 0.1) is 12.8 Å². The van der Waals surface area contributed by atoms with Crippen LogP contribution in [-0.2, 0) is 17.5 Å². The molecule has 7 heteroatoms. The highest BCUT2D eigenvalue weighted by Crippen LogP contribution is 2.36. The van der Waals surface area contributed by atoms with E-state index in [0.717, 1.165) is 38.1 Å². The summed E-state index contributed by atoms with van der Waals surface area (Å²) in [4.78, 5) is 14.8. The zero-order valence-electron chi connectivity index (χ0n) is 15.5. The monoisotopic (exact) mass is 410 g/mol. The summed E-state index contributed by atoms with van der Waals surface area (Å²) >= 11 is 5.63. The van der Waals surface area contributed by atoms with Gasteiger partial charge in [-0.15, -0.1) is 0 Å². The van der Waals surface area contributed by atoms with Crippen molar-refractivity contribution >= 4 is 23.2 Å². The summed E-state index contributed by atoms with van der Waals surface area (Å²) in [6.07, 6.45) is -2.97. The summed E-state index contributed by atoms with van der Waals surface area (Å²) in [5.74, 6) is -0.520. The maximum absolute atomic E-state index is 13.0. The van der Waals surface area contributed by atoms with Crippen LogP contribution in [0.3, 0.4) is 0 Å². The second-order valence-corrected chi connectivity index (χ2v) is 7.65.